The minimum Gasteiger partial charge on any atom is -0.489 e. The number of amides is 2. The van der Waals surface area contributed by atoms with E-state index in [0.717, 1.165) is 16.7 Å². The van der Waals surface area contributed by atoms with Crippen molar-refractivity contribution in [1.29, 1.82) is 0 Å². The number of carbonyl (C=O) groups excluding carboxylic acids is 2. The fraction of sp³-hybridized carbons (Fsp3) is 0.0833. The molecule has 7 nitrogen and oxygen atoms in total. The van der Waals surface area contributed by atoms with Crippen LogP contribution in [0.25, 0.3) is 6.08 Å². The van der Waals surface area contributed by atoms with Gasteiger partial charge in [-0.05, 0) is 47.2 Å². The Hall–Kier alpha value is -3.98. The van der Waals surface area contributed by atoms with Gasteiger partial charge in [0.1, 0.15) is 18.2 Å². The second kappa shape index (κ2) is 9.66. The maximum atomic E-state index is 13.7. The average molecular weight is 464 g/mol. The zero-order valence-corrected chi connectivity index (χ0v) is 18.0. The van der Waals surface area contributed by atoms with Gasteiger partial charge >= 0.3 is 0 Å². The summed E-state index contributed by atoms with van der Waals surface area (Å²) in [7, 11) is 0. The van der Waals surface area contributed by atoms with Gasteiger partial charge in [-0.1, -0.05) is 42.5 Å². The number of rotatable bonds is 7. The molecule has 0 atom stereocenters. The fourth-order valence-corrected chi connectivity index (χ4v) is 3.97. The molecule has 0 N–H and O–H groups in total. The molecule has 1 saturated heterocycles. The highest BCUT2D eigenvalue weighted by molar-refractivity contribution is 8.18. The average Bonchev–Trinajstić information content (AvgIpc) is 3.07. The van der Waals surface area contributed by atoms with Crippen LogP contribution in [-0.4, -0.2) is 21.0 Å². The van der Waals surface area contributed by atoms with E-state index < -0.39 is 16.1 Å². The zero-order chi connectivity index (χ0) is 23.4. The summed E-state index contributed by atoms with van der Waals surface area (Å²) >= 11 is 0.835. The molecule has 1 aliphatic rings. The van der Waals surface area contributed by atoms with Gasteiger partial charge < -0.3 is 4.74 Å². The molecule has 1 fully saturated rings. The Labute approximate surface area is 192 Å². The molecule has 0 unspecified atom stereocenters. The van der Waals surface area contributed by atoms with Gasteiger partial charge in [0, 0.05) is 17.7 Å². The summed E-state index contributed by atoms with van der Waals surface area (Å²) < 4.78 is 19.3. The molecular formula is C24H17FN2O5S. The number of nitro benzene ring substituents is 1. The van der Waals surface area contributed by atoms with Crippen LogP contribution in [0.4, 0.5) is 14.9 Å². The van der Waals surface area contributed by atoms with Crippen molar-refractivity contribution in [3.8, 4) is 5.75 Å². The summed E-state index contributed by atoms with van der Waals surface area (Å²) in [5.41, 5.74) is 1.70. The molecule has 2 amide bonds. The van der Waals surface area contributed by atoms with Crippen LogP contribution in [-0.2, 0) is 17.9 Å². The molecule has 0 radical (unpaired) electrons. The maximum absolute atomic E-state index is 13.7. The number of nitro groups is 1. The highest BCUT2D eigenvalue weighted by Crippen LogP contribution is 2.33. The molecule has 0 aliphatic carbocycles. The normalized spacial score (nSPS) is 14.7. The quantitative estimate of drug-likeness (QED) is 0.259. The first-order valence-electron chi connectivity index (χ1n) is 9.86. The number of nitrogens with zero attached hydrogens (tertiary/aromatic N) is 2. The standard InChI is InChI=1S/C24H17FN2O5S/c25-21-4-2-1-3-18(21)15-32-20-11-7-16(8-12-20)13-22-23(28)26(24(29)33-22)14-17-5-9-19(10-6-17)27(30)31/h1-13H,14-15H2/b22-13-. The van der Waals surface area contributed by atoms with Gasteiger partial charge in [0.15, 0.2) is 0 Å². The largest absolute Gasteiger partial charge is 0.489 e. The lowest BCUT2D eigenvalue weighted by molar-refractivity contribution is -0.384. The van der Waals surface area contributed by atoms with Crippen LogP contribution >= 0.6 is 11.8 Å². The van der Waals surface area contributed by atoms with Crippen molar-refractivity contribution in [1.82, 2.24) is 4.90 Å². The second-order valence-electron chi connectivity index (χ2n) is 7.14. The number of benzene rings is 3. The molecular weight excluding hydrogens is 447 g/mol. The van der Waals surface area contributed by atoms with Gasteiger partial charge in [-0.2, -0.15) is 0 Å². The Kier molecular flexibility index (Phi) is 6.50. The molecule has 4 rings (SSSR count). The van der Waals surface area contributed by atoms with Crippen molar-refractivity contribution >= 4 is 34.7 Å². The highest BCUT2D eigenvalue weighted by Gasteiger charge is 2.35. The monoisotopic (exact) mass is 464 g/mol. The summed E-state index contributed by atoms with van der Waals surface area (Å²) in [5.74, 6) is -0.219. The predicted molar refractivity (Wildman–Crippen MR) is 122 cm³/mol. The Morgan fingerprint density at radius 1 is 1.00 bits per heavy atom. The smallest absolute Gasteiger partial charge is 0.293 e. The molecule has 9 heteroatoms. The van der Waals surface area contributed by atoms with Crippen LogP contribution in [0.5, 0.6) is 5.75 Å². The third-order valence-electron chi connectivity index (χ3n) is 4.89. The summed E-state index contributed by atoms with van der Waals surface area (Å²) in [4.78, 5) is 36.7. The van der Waals surface area contributed by atoms with E-state index in [2.05, 4.69) is 0 Å². The molecule has 33 heavy (non-hydrogen) atoms. The van der Waals surface area contributed by atoms with Crippen LogP contribution in [0.15, 0.2) is 77.7 Å². The van der Waals surface area contributed by atoms with Crippen LogP contribution in [0.1, 0.15) is 16.7 Å². The molecule has 1 aliphatic heterocycles. The molecule has 0 bridgehead atoms. The first kappa shape index (κ1) is 22.2. The molecule has 166 valence electrons. The number of halogens is 1. The Morgan fingerprint density at radius 3 is 2.36 bits per heavy atom. The van der Waals surface area contributed by atoms with E-state index in [1.807, 2.05) is 0 Å². The first-order chi connectivity index (χ1) is 15.9. The van der Waals surface area contributed by atoms with Crippen molar-refractivity contribution < 1.29 is 23.6 Å². The lowest BCUT2D eigenvalue weighted by atomic mass is 10.2. The molecule has 3 aromatic carbocycles. The third-order valence-corrected chi connectivity index (χ3v) is 5.80. The van der Waals surface area contributed by atoms with Gasteiger partial charge in [-0.25, -0.2) is 4.39 Å². The van der Waals surface area contributed by atoms with Gasteiger partial charge in [0.25, 0.3) is 16.8 Å². The van der Waals surface area contributed by atoms with Crippen molar-refractivity contribution in [2.75, 3.05) is 0 Å². The number of thioether (sulfide) groups is 1. The van der Waals surface area contributed by atoms with E-state index in [1.54, 1.807) is 48.5 Å². The number of carbonyl (C=O) groups is 2. The second-order valence-corrected chi connectivity index (χ2v) is 8.13. The molecule has 0 aromatic heterocycles. The summed E-state index contributed by atoms with van der Waals surface area (Å²) in [6.45, 7) is 0.121. The van der Waals surface area contributed by atoms with Crippen LogP contribution in [0.2, 0.25) is 0 Å². The van der Waals surface area contributed by atoms with Crippen LogP contribution in [0, 0.1) is 15.9 Å². The maximum Gasteiger partial charge on any atom is 0.293 e. The summed E-state index contributed by atoms with van der Waals surface area (Å²) in [6.07, 6.45) is 1.61. The number of hydrogen-bond acceptors (Lipinski definition) is 6. The van der Waals surface area contributed by atoms with Crippen LogP contribution in [0.3, 0.4) is 0 Å². The van der Waals surface area contributed by atoms with E-state index >= 15 is 0 Å². The van der Waals surface area contributed by atoms with E-state index in [-0.39, 0.29) is 29.6 Å². The topological polar surface area (TPSA) is 89.8 Å². The van der Waals surface area contributed by atoms with Gasteiger partial charge in [-0.3, -0.25) is 24.6 Å². The van der Waals surface area contributed by atoms with E-state index in [0.29, 0.717) is 22.4 Å². The van der Waals surface area contributed by atoms with Gasteiger partial charge in [0.2, 0.25) is 0 Å². The van der Waals surface area contributed by atoms with Crippen molar-refractivity contribution in [2.24, 2.45) is 0 Å². The number of imide groups is 1. The number of ether oxygens (including phenoxy) is 1. The number of hydrogen-bond donors (Lipinski definition) is 0. The van der Waals surface area contributed by atoms with E-state index in [4.69, 9.17) is 4.74 Å². The van der Waals surface area contributed by atoms with Gasteiger partial charge in [0.05, 0.1) is 16.4 Å². The first-order valence-corrected chi connectivity index (χ1v) is 10.7. The van der Waals surface area contributed by atoms with Crippen LogP contribution < -0.4 is 4.74 Å². The minimum absolute atomic E-state index is 0.0306. The molecule has 1 heterocycles. The molecule has 0 spiro atoms. The minimum atomic E-state index is -0.511. The fourth-order valence-electron chi connectivity index (χ4n) is 3.13. The predicted octanol–water partition coefficient (Wildman–Crippen LogP) is 5.55. The zero-order valence-electron chi connectivity index (χ0n) is 17.1. The Balaban J connectivity index is 1.40. The Bertz CT molecular complexity index is 1240. The third kappa shape index (κ3) is 5.27. The summed E-state index contributed by atoms with van der Waals surface area (Å²) in [5, 5.41) is 10.4. The lowest BCUT2D eigenvalue weighted by Crippen LogP contribution is -2.27. The highest BCUT2D eigenvalue weighted by atomic mass is 32.2. The molecule has 0 saturated carbocycles. The van der Waals surface area contributed by atoms with Crippen molar-refractivity contribution in [3.05, 3.63) is 110 Å². The van der Waals surface area contributed by atoms with E-state index in [9.17, 15) is 24.1 Å². The molecule has 3 aromatic rings. The van der Waals surface area contributed by atoms with E-state index in [1.165, 1.54) is 30.3 Å². The SMILES string of the molecule is O=C1S/C(=C\c2ccc(OCc3ccccc3F)cc2)C(=O)N1Cc1ccc([N+](=O)[O-])cc1. The van der Waals surface area contributed by atoms with Crippen molar-refractivity contribution in [2.45, 2.75) is 13.2 Å². The number of non-ortho nitro benzene ring substituents is 1. The summed E-state index contributed by atoms with van der Waals surface area (Å²) in [6, 6.07) is 19.0. The van der Waals surface area contributed by atoms with Gasteiger partial charge in [-0.15, -0.1) is 0 Å². The Morgan fingerprint density at radius 2 is 1.70 bits per heavy atom. The van der Waals surface area contributed by atoms with Crippen molar-refractivity contribution in [3.63, 3.8) is 0 Å². The lowest BCUT2D eigenvalue weighted by Gasteiger charge is -2.12.